The summed E-state index contributed by atoms with van der Waals surface area (Å²) in [5, 5.41) is 17.7. The van der Waals surface area contributed by atoms with Crippen LogP contribution >= 0.6 is 0 Å². The van der Waals surface area contributed by atoms with Gasteiger partial charge in [0, 0.05) is 42.8 Å². The predicted molar refractivity (Wildman–Crippen MR) is 117 cm³/mol. The van der Waals surface area contributed by atoms with Crippen LogP contribution in [-0.4, -0.2) is 43.7 Å². The highest BCUT2D eigenvalue weighted by atomic mass is 16.6. The molecule has 164 valence electrons. The van der Waals surface area contributed by atoms with E-state index in [-0.39, 0.29) is 28.6 Å². The summed E-state index contributed by atoms with van der Waals surface area (Å²) in [6.07, 6.45) is 3.58. The number of benzene rings is 2. The summed E-state index contributed by atoms with van der Waals surface area (Å²) in [5.41, 5.74) is 1.54. The molecule has 0 spiro atoms. The Balaban J connectivity index is 1.51. The molecule has 2 N–H and O–H groups in total. The fourth-order valence-electron chi connectivity index (χ4n) is 4.02. The first-order valence-corrected chi connectivity index (χ1v) is 10.6. The molecule has 2 aromatic carbocycles. The van der Waals surface area contributed by atoms with Gasteiger partial charge in [-0.1, -0.05) is 12.1 Å². The van der Waals surface area contributed by atoms with E-state index in [1.54, 1.807) is 19.2 Å². The first kappa shape index (κ1) is 21.1. The monoisotopic (exact) mass is 425 g/mol. The van der Waals surface area contributed by atoms with Gasteiger partial charge < -0.3 is 20.1 Å². The van der Waals surface area contributed by atoms with Crippen molar-refractivity contribution in [2.24, 2.45) is 0 Å². The third-order valence-corrected chi connectivity index (χ3v) is 6.13. The number of carbonyl (C=O) groups excluding carboxylic acids is 1. The van der Waals surface area contributed by atoms with E-state index in [4.69, 9.17) is 9.47 Å². The van der Waals surface area contributed by atoms with Crippen LogP contribution in [0.1, 0.15) is 41.6 Å². The van der Waals surface area contributed by atoms with Crippen LogP contribution < -0.4 is 15.4 Å². The number of amides is 1. The van der Waals surface area contributed by atoms with Crippen molar-refractivity contribution in [3.8, 4) is 5.75 Å². The minimum Gasteiger partial charge on any atom is -0.497 e. The third-order valence-electron chi connectivity index (χ3n) is 6.13. The topological polar surface area (TPSA) is 103 Å². The Labute approximate surface area is 181 Å². The first-order chi connectivity index (χ1) is 15.0. The number of nitrogens with one attached hydrogen (secondary N) is 2. The van der Waals surface area contributed by atoms with Crippen molar-refractivity contribution in [2.45, 2.75) is 37.1 Å². The molecule has 1 saturated heterocycles. The lowest BCUT2D eigenvalue weighted by Crippen LogP contribution is -2.44. The normalized spacial score (nSPS) is 17.6. The molecule has 1 saturated carbocycles. The molecule has 31 heavy (non-hydrogen) atoms. The van der Waals surface area contributed by atoms with Crippen LogP contribution in [-0.2, 0) is 10.2 Å². The molecule has 1 aliphatic heterocycles. The minimum atomic E-state index is -0.446. The van der Waals surface area contributed by atoms with Crippen LogP contribution in [0.3, 0.4) is 0 Å². The van der Waals surface area contributed by atoms with Crippen molar-refractivity contribution >= 4 is 17.3 Å². The molecule has 1 amide bonds. The fraction of sp³-hybridized carbons (Fsp3) is 0.435. The Hall–Kier alpha value is -3.13. The minimum absolute atomic E-state index is 0.0736. The standard InChI is InChI=1S/C23H27N3O5/c1-30-19-7-3-17(4-8-19)23(10-12-31-13-11-23)15-24-22(27)16-2-9-20(25-18-5-6-18)21(14-16)26(28)29/h2-4,7-9,14,18,25H,5-6,10-13,15H2,1H3,(H,24,27). The summed E-state index contributed by atoms with van der Waals surface area (Å²) in [5.74, 6) is 0.461. The van der Waals surface area contributed by atoms with Crippen LogP contribution in [0.2, 0.25) is 0 Å². The molecule has 4 rings (SSSR count). The molecule has 0 bridgehead atoms. The van der Waals surface area contributed by atoms with E-state index in [0.717, 1.165) is 37.0 Å². The summed E-state index contributed by atoms with van der Waals surface area (Å²) in [6, 6.07) is 12.8. The van der Waals surface area contributed by atoms with E-state index in [0.29, 0.717) is 25.4 Å². The highest BCUT2D eigenvalue weighted by Crippen LogP contribution is 2.36. The molecule has 0 aromatic heterocycles. The van der Waals surface area contributed by atoms with Gasteiger partial charge in [0.05, 0.1) is 12.0 Å². The predicted octanol–water partition coefficient (Wildman–Crippen LogP) is 3.66. The SMILES string of the molecule is COc1ccc(C2(CNC(=O)c3ccc(NC4CC4)c([N+](=O)[O-])c3)CCOCC2)cc1. The van der Waals surface area contributed by atoms with Crippen LogP contribution in [0.5, 0.6) is 5.75 Å². The van der Waals surface area contributed by atoms with E-state index in [9.17, 15) is 14.9 Å². The van der Waals surface area contributed by atoms with E-state index >= 15 is 0 Å². The number of nitro benzene ring substituents is 1. The van der Waals surface area contributed by atoms with Gasteiger partial charge in [-0.2, -0.15) is 0 Å². The molecule has 0 unspecified atom stereocenters. The Morgan fingerprint density at radius 1 is 1.19 bits per heavy atom. The smallest absolute Gasteiger partial charge is 0.293 e. The molecular weight excluding hydrogens is 398 g/mol. The van der Waals surface area contributed by atoms with Crippen molar-refractivity contribution < 1.29 is 19.2 Å². The number of methoxy groups -OCH3 is 1. The van der Waals surface area contributed by atoms with Crippen molar-refractivity contribution in [3.05, 3.63) is 63.7 Å². The molecule has 2 fully saturated rings. The number of hydrogen-bond donors (Lipinski definition) is 2. The number of nitrogens with zero attached hydrogens (tertiary/aromatic N) is 1. The van der Waals surface area contributed by atoms with E-state index in [2.05, 4.69) is 10.6 Å². The third kappa shape index (κ3) is 4.80. The van der Waals surface area contributed by atoms with Crippen LogP contribution in [0.15, 0.2) is 42.5 Å². The quantitative estimate of drug-likeness (QED) is 0.494. The Morgan fingerprint density at radius 2 is 1.90 bits per heavy atom. The van der Waals surface area contributed by atoms with E-state index in [1.807, 2.05) is 24.3 Å². The summed E-state index contributed by atoms with van der Waals surface area (Å²) in [4.78, 5) is 23.9. The van der Waals surface area contributed by atoms with Crippen molar-refractivity contribution in [1.82, 2.24) is 5.32 Å². The van der Waals surface area contributed by atoms with Gasteiger partial charge in [0.2, 0.25) is 0 Å². The Morgan fingerprint density at radius 3 is 2.52 bits per heavy atom. The summed E-state index contributed by atoms with van der Waals surface area (Å²) in [7, 11) is 1.63. The molecule has 8 nitrogen and oxygen atoms in total. The number of ether oxygens (including phenoxy) is 2. The van der Waals surface area contributed by atoms with Crippen molar-refractivity contribution in [2.75, 3.05) is 32.2 Å². The van der Waals surface area contributed by atoms with Gasteiger partial charge in [-0.25, -0.2) is 0 Å². The van der Waals surface area contributed by atoms with Gasteiger partial charge in [-0.15, -0.1) is 0 Å². The summed E-state index contributed by atoms with van der Waals surface area (Å²) in [6.45, 7) is 1.67. The van der Waals surface area contributed by atoms with Crippen LogP contribution in [0.25, 0.3) is 0 Å². The second-order valence-corrected chi connectivity index (χ2v) is 8.21. The maximum Gasteiger partial charge on any atom is 0.293 e. The van der Waals surface area contributed by atoms with E-state index < -0.39 is 4.92 Å². The largest absolute Gasteiger partial charge is 0.497 e. The van der Waals surface area contributed by atoms with Gasteiger partial charge in [-0.05, 0) is 55.5 Å². The number of rotatable bonds is 8. The summed E-state index contributed by atoms with van der Waals surface area (Å²) < 4.78 is 10.8. The molecule has 0 radical (unpaired) electrons. The Bertz CT molecular complexity index is 950. The number of carbonyl (C=O) groups is 1. The zero-order chi connectivity index (χ0) is 21.8. The molecule has 1 aliphatic carbocycles. The van der Waals surface area contributed by atoms with Crippen molar-refractivity contribution in [3.63, 3.8) is 0 Å². The highest BCUT2D eigenvalue weighted by molar-refractivity contribution is 5.95. The zero-order valence-corrected chi connectivity index (χ0v) is 17.6. The lowest BCUT2D eigenvalue weighted by Gasteiger charge is -2.38. The Kier molecular flexibility index (Phi) is 6.08. The van der Waals surface area contributed by atoms with Gasteiger partial charge in [0.15, 0.2) is 0 Å². The van der Waals surface area contributed by atoms with E-state index in [1.165, 1.54) is 6.07 Å². The second kappa shape index (κ2) is 8.93. The first-order valence-electron chi connectivity index (χ1n) is 10.6. The van der Waals surface area contributed by atoms with Crippen LogP contribution in [0, 0.1) is 10.1 Å². The number of anilines is 1. The zero-order valence-electron chi connectivity index (χ0n) is 17.6. The molecule has 0 atom stereocenters. The van der Waals surface area contributed by atoms with Crippen LogP contribution in [0.4, 0.5) is 11.4 Å². The van der Waals surface area contributed by atoms with Gasteiger partial charge in [0.25, 0.3) is 11.6 Å². The molecule has 2 aromatic rings. The van der Waals surface area contributed by atoms with Crippen molar-refractivity contribution in [1.29, 1.82) is 0 Å². The molecular formula is C23H27N3O5. The molecule has 8 heteroatoms. The highest BCUT2D eigenvalue weighted by Gasteiger charge is 2.35. The number of nitro groups is 1. The lowest BCUT2D eigenvalue weighted by molar-refractivity contribution is -0.384. The molecule has 1 heterocycles. The fourth-order valence-corrected chi connectivity index (χ4v) is 4.02. The number of hydrogen-bond acceptors (Lipinski definition) is 6. The molecule has 2 aliphatic rings. The second-order valence-electron chi connectivity index (χ2n) is 8.21. The average molecular weight is 425 g/mol. The lowest BCUT2D eigenvalue weighted by atomic mass is 9.74. The van der Waals surface area contributed by atoms with Gasteiger partial charge >= 0.3 is 0 Å². The van der Waals surface area contributed by atoms with Gasteiger partial charge in [-0.3, -0.25) is 14.9 Å². The maximum absolute atomic E-state index is 12.9. The summed E-state index contributed by atoms with van der Waals surface area (Å²) >= 11 is 0. The maximum atomic E-state index is 12.9. The average Bonchev–Trinajstić information content (AvgIpc) is 3.62. The van der Waals surface area contributed by atoms with Gasteiger partial charge in [0.1, 0.15) is 11.4 Å².